The van der Waals surface area contributed by atoms with Crippen molar-refractivity contribution in [2.75, 3.05) is 13.2 Å². The van der Waals surface area contributed by atoms with E-state index in [1.165, 1.54) is 19.1 Å². The molecular formula is C14H16ClNO5S. The Hall–Kier alpha value is -1.47. The van der Waals surface area contributed by atoms with Gasteiger partial charge in [0.1, 0.15) is 18.5 Å². The summed E-state index contributed by atoms with van der Waals surface area (Å²) < 4.78 is 36.0. The maximum atomic E-state index is 12.6. The van der Waals surface area contributed by atoms with Gasteiger partial charge in [-0.1, -0.05) is 11.6 Å². The second-order valence-corrected chi connectivity index (χ2v) is 8.04. The van der Waals surface area contributed by atoms with E-state index >= 15 is 0 Å². The first-order valence-corrected chi connectivity index (χ1v) is 8.95. The average molecular weight is 346 g/mol. The fourth-order valence-electron chi connectivity index (χ4n) is 2.14. The van der Waals surface area contributed by atoms with Crippen LogP contribution in [0.3, 0.4) is 0 Å². The molecule has 0 unspecified atom stereocenters. The number of sulfone groups is 1. The molecule has 1 aliphatic heterocycles. The van der Waals surface area contributed by atoms with E-state index in [2.05, 4.69) is 5.32 Å². The number of nitrogens with one attached hydrogen (secondary N) is 1. The fraction of sp³-hybridized carbons (Fsp3) is 0.500. The van der Waals surface area contributed by atoms with Crippen LogP contribution in [0.2, 0.25) is 5.02 Å². The summed E-state index contributed by atoms with van der Waals surface area (Å²) >= 11 is 6.07. The van der Waals surface area contributed by atoms with Crippen LogP contribution in [0.1, 0.15) is 19.8 Å². The summed E-state index contributed by atoms with van der Waals surface area (Å²) in [4.78, 5) is 11.9. The molecule has 1 N–H and O–H groups in total. The second kappa shape index (κ2) is 5.62. The second-order valence-electron chi connectivity index (χ2n) is 5.40. The smallest absolute Gasteiger partial charge is 0.238 e. The van der Waals surface area contributed by atoms with E-state index in [-0.39, 0.29) is 16.0 Å². The molecule has 3 rings (SSSR count). The van der Waals surface area contributed by atoms with Crippen LogP contribution in [0.15, 0.2) is 17.0 Å². The molecular weight excluding hydrogens is 330 g/mol. The molecule has 0 spiro atoms. The molecule has 0 radical (unpaired) electrons. The van der Waals surface area contributed by atoms with Gasteiger partial charge >= 0.3 is 0 Å². The van der Waals surface area contributed by atoms with Gasteiger partial charge in [-0.05, 0) is 19.8 Å². The number of benzene rings is 1. The highest BCUT2D eigenvalue weighted by Gasteiger charge is 2.35. The van der Waals surface area contributed by atoms with Gasteiger partial charge in [0.25, 0.3) is 0 Å². The van der Waals surface area contributed by atoms with Gasteiger partial charge in [-0.3, -0.25) is 4.79 Å². The number of rotatable bonds is 4. The van der Waals surface area contributed by atoms with Crippen LogP contribution in [0.4, 0.5) is 0 Å². The predicted molar refractivity (Wildman–Crippen MR) is 80.3 cm³/mol. The first-order chi connectivity index (χ1) is 10.4. The van der Waals surface area contributed by atoms with E-state index in [0.717, 1.165) is 12.8 Å². The lowest BCUT2D eigenvalue weighted by Crippen LogP contribution is -2.39. The number of carbonyl (C=O) groups excluding carboxylic acids is 1. The lowest BCUT2D eigenvalue weighted by atomic mass is 10.3. The molecule has 0 aromatic heterocycles. The van der Waals surface area contributed by atoms with Crippen LogP contribution in [-0.4, -0.2) is 38.8 Å². The van der Waals surface area contributed by atoms with Crippen molar-refractivity contribution >= 4 is 27.3 Å². The normalized spacial score (nSPS) is 18.6. The van der Waals surface area contributed by atoms with Crippen LogP contribution in [0.25, 0.3) is 0 Å². The summed E-state index contributed by atoms with van der Waals surface area (Å²) in [5, 5.41) is 1.50. The van der Waals surface area contributed by atoms with Gasteiger partial charge in [0.15, 0.2) is 21.3 Å². The van der Waals surface area contributed by atoms with Crippen molar-refractivity contribution in [1.29, 1.82) is 0 Å². The zero-order valence-electron chi connectivity index (χ0n) is 12.0. The number of halogens is 1. The van der Waals surface area contributed by atoms with E-state index in [1.807, 2.05) is 0 Å². The molecule has 1 atom stereocenters. The molecule has 22 heavy (non-hydrogen) atoms. The third kappa shape index (κ3) is 2.87. The Labute approximate surface area is 133 Å². The lowest BCUT2D eigenvalue weighted by molar-refractivity contribution is -0.120. The first kappa shape index (κ1) is 15.4. The van der Waals surface area contributed by atoms with Gasteiger partial charge in [0, 0.05) is 18.2 Å². The molecule has 8 heteroatoms. The molecule has 1 aromatic rings. The highest BCUT2D eigenvalue weighted by atomic mass is 35.5. The third-order valence-electron chi connectivity index (χ3n) is 3.66. The van der Waals surface area contributed by atoms with Crippen LogP contribution in [0.5, 0.6) is 11.5 Å². The molecule has 1 heterocycles. The zero-order valence-corrected chi connectivity index (χ0v) is 13.5. The predicted octanol–water partition coefficient (Wildman–Crippen LogP) is 1.55. The Morgan fingerprint density at radius 3 is 2.45 bits per heavy atom. The summed E-state index contributed by atoms with van der Waals surface area (Å²) in [5.74, 6) is 0.225. The largest absolute Gasteiger partial charge is 0.486 e. The summed E-state index contributed by atoms with van der Waals surface area (Å²) in [6, 6.07) is 2.84. The number of fused-ring (bicyclic) bond motifs is 1. The fourth-order valence-corrected chi connectivity index (χ4v) is 3.95. The van der Waals surface area contributed by atoms with E-state index in [1.54, 1.807) is 0 Å². The Morgan fingerprint density at radius 1 is 1.27 bits per heavy atom. The highest BCUT2D eigenvalue weighted by Crippen LogP contribution is 2.38. The number of ether oxygens (including phenoxy) is 2. The SMILES string of the molecule is C[C@H](C(=O)NC1CC1)S(=O)(=O)c1cc2c(cc1Cl)OCCO2. The van der Waals surface area contributed by atoms with Crippen LogP contribution in [0, 0.1) is 0 Å². The van der Waals surface area contributed by atoms with E-state index in [4.69, 9.17) is 21.1 Å². The minimum Gasteiger partial charge on any atom is -0.486 e. The quantitative estimate of drug-likeness (QED) is 0.895. The Morgan fingerprint density at radius 2 is 1.86 bits per heavy atom. The van der Waals surface area contributed by atoms with Gasteiger partial charge in [0.2, 0.25) is 5.91 Å². The molecule has 2 aliphatic rings. The van der Waals surface area contributed by atoms with Gasteiger partial charge in [0.05, 0.1) is 9.92 Å². The van der Waals surface area contributed by atoms with Crippen molar-refractivity contribution in [1.82, 2.24) is 5.32 Å². The van der Waals surface area contributed by atoms with Gasteiger partial charge in [-0.2, -0.15) is 0 Å². The number of carbonyl (C=O) groups is 1. The maximum Gasteiger partial charge on any atom is 0.238 e. The van der Waals surface area contributed by atoms with Crippen molar-refractivity contribution in [3.8, 4) is 11.5 Å². The van der Waals surface area contributed by atoms with Gasteiger partial charge in [-0.15, -0.1) is 0 Å². The molecule has 120 valence electrons. The molecule has 1 aromatic carbocycles. The molecule has 1 fully saturated rings. The van der Waals surface area contributed by atoms with Crippen LogP contribution in [-0.2, 0) is 14.6 Å². The Balaban J connectivity index is 1.92. The minimum atomic E-state index is -3.90. The minimum absolute atomic E-state index is 0.0234. The first-order valence-electron chi connectivity index (χ1n) is 7.03. The highest BCUT2D eigenvalue weighted by molar-refractivity contribution is 7.92. The van der Waals surface area contributed by atoms with Crippen molar-refractivity contribution in [3.63, 3.8) is 0 Å². The Bertz CT molecular complexity index is 714. The molecule has 6 nitrogen and oxygen atoms in total. The summed E-state index contributed by atoms with van der Waals surface area (Å²) in [6.07, 6.45) is 1.78. The lowest BCUT2D eigenvalue weighted by Gasteiger charge is -2.21. The summed E-state index contributed by atoms with van der Waals surface area (Å²) in [6.45, 7) is 2.08. The van der Waals surface area contributed by atoms with E-state index < -0.39 is 21.0 Å². The van der Waals surface area contributed by atoms with Crippen molar-refractivity contribution in [2.24, 2.45) is 0 Å². The maximum absolute atomic E-state index is 12.6. The monoisotopic (exact) mass is 345 g/mol. The molecule has 1 aliphatic carbocycles. The summed E-state index contributed by atoms with van der Waals surface area (Å²) in [7, 11) is -3.90. The van der Waals surface area contributed by atoms with Gasteiger partial charge < -0.3 is 14.8 Å². The molecule has 1 amide bonds. The van der Waals surface area contributed by atoms with Crippen LogP contribution >= 0.6 is 11.6 Å². The number of amides is 1. The van der Waals surface area contributed by atoms with E-state index in [0.29, 0.717) is 24.7 Å². The number of hydrogen-bond donors (Lipinski definition) is 1. The molecule has 0 bridgehead atoms. The van der Waals surface area contributed by atoms with Gasteiger partial charge in [-0.25, -0.2) is 8.42 Å². The molecule has 0 saturated heterocycles. The van der Waals surface area contributed by atoms with Crippen LogP contribution < -0.4 is 14.8 Å². The Kier molecular flexibility index (Phi) is 3.94. The van der Waals surface area contributed by atoms with Crippen molar-refractivity contribution < 1.29 is 22.7 Å². The van der Waals surface area contributed by atoms with Crippen molar-refractivity contribution in [3.05, 3.63) is 17.2 Å². The third-order valence-corrected chi connectivity index (χ3v) is 6.18. The topological polar surface area (TPSA) is 81.7 Å². The number of hydrogen-bond acceptors (Lipinski definition) is 5. The van der Waals surface area contributed by atoms with E-state index in [9.17, 15) is 13.2 Å². The van der Waals surface area contributed by atoms with Crippen molar-refractivity contribution in [2.45, 2.75) is 36.0 Å². The summed E-state index contributed by atoms with van der Waals surface area (Å²) in [5.41, 5.74) is 0. The molecule has 1 saturated carbocycles. The standard InChI is InChI=1S/C14H16ClNO5S/c1-8(14(17)16-9-2-3-9)22(18,19)13-7-12-11(6-10(13)15)20-4-5-21-12/h6-9H,2-5H2,1H3,(H,16,17)/t8-/m1/s1. The zero-order chi connectivity index (χ0) is 15.9. The average Bonchev–Trinajstić information content (AvgIpc) is 3.29.